The van der Waals surface area contributed by atoms with Crippen LogP contribution >= 0.6 is 23.2 Å². The zero-order valence-electron chi connectivity index (χ0n) is 13.7. The average molecular weight is 393 g/mol. The third-order valence-electron chi connectivity index (χ3n) is 3.40. The lowest BCUT2D eigenvalue weighted by Gasteiger charge is -2.11. The molecule has 0 bridgehead atoms. The van der Waals surface area contributed by atoms with E-state index in [9.17, 15) is 4.79 Å². The Kier molecular flexibility index (Phi) is 5.75. The van der Waals surface area contributed by atoms with E-state index in [1.54, 1.807) is 49.4 Å². The van der Waals surface area contributed by atoms with Crippen LogP contribution in [-0.4, -0.2) is 16.2 Å². The molecule has 0 aliphatic carbocycles. The molecule has 0 aliphatic rings. The second kappa shape index (κ2) is 8.21. The van der Waals surface area contributed by atoms with Gasteiger partial charge in [-0.3, -0.25) is 0 Å². The van der Waals surface area contributed by atoms with Gasteiger partial charge in [-0.25, -0.2) is 4.79 Å². The summed E-state index contributed by atoms with van der Waals surface area (Å²) < 4.78 is 16.1. The minimum absolute atomic E-state index is 0.114. The highest BCUT2D eigenvalue weighted by atomic mass is 35.5. The van der Waals surface area contributed by atoms with Crippen LogP contribution in [0.2, 0.25) is 10.0 Å². The summed E-state index contributed by atoms with van der Waals surface area (Å²) in [7, 11) is 0. The van der Waals surface area contributed by atoms with Crippen molar-refractivity contribution in [2.45, 2.75) is 20.1 Å². The summed E-state index contributed by atoms with van der Waals surface area (Å²) in [6.07, 6.45) is 0. The first-order chi connectivity index (χ1) is 12.5. The van der Waals surface area contributed by atoms with Gasteiger partial charge in [-0.2, -0.15) is 0 Å². The van der Waals surface area contributed by atoms with Gasteiger partial charge in [0.2, 0.25) is 5.89 Å². The Bertz CT molecular complexity index is 927. The first kappa shape index (κ1) is 18.2. The van der Waals surface area contributed by atoms with E-state index in [2.05, 4.69) is 10.2 Å². The molecule has 0 fully saturated rings. The van der Waals surface area contributed by atoms with Crippen LogP contribution < -0.4 is 4.74 Å². The molecule has 0 saturated heterocycles. The number of hydrogen-bond acceptors (Lipinski definition) is 6. The number of carbonyl (C=O) groups is 1. The zero-order valence-corrected chi connectivity index (χ0v) is 15.3. The lowest BCUT2D eigenvalue weighted by molar-refractivity contribution is 0.0432. The number of ether oxygens (including phenoxy) is 2. The van der Waals surface area contributed by atoms with Gasteiger partial charge in [0.25, 0.3) is 5.89 Å². The number of para-hydroxylation sites is 1. The largest absolute Gasteiger partial charge is 0.488 e. The van der Waals surface area contributed by atoms with Crippen LogP contribution in [0.4, 0.5) is 0 Å². The second-order valence-corrected chi connectivity index (χ2v) is 6.16. The third kappa shape index (κ3) is 4.53. The van der Waals surface area contributed by atoms with Crippen LogP contribution in [0.15, 0.2) is 46.9 Å². The maximum atomic E-state index is 12.3. The van der Waals surface area contributed by atoms with Crippen LogP contribution in [-0.2, 0) is 18.0 Å². The molecule has 0 aliphatic heterocycles. The smallest absolute Gasteiger partial charge is 0.342 e. The van der Waals surface area contributed by atoms with Crippen LogP contribution in [0.1, 0.15) is 27.7 Å². The summed E-state index contributed by atoms with van der Waals surface area (Å²) in [4.78, 5) is 12.3. The van der Waals surface area contributed by atoms with Crippen molar-refractivity contribution in [1.82, 2.24) is 10.2 Å². The fourth-order valence-corrected chi connectivity index (χ4v) is 2.62. The molecule has 0 spiro atoms. The van der Waals surface area contributed by atoms with E-state index < -0.39 is 5.97 Å². The van der Waals surface area contributed by atoms with Crippen LogP contribution in [0.5, 0.6) is 5.75 Å². The predicted molar refractivity (Wildman–Crippen MR) is 95.4 cm³/mol. The molecular formula is C18H14Cl2N2O4. The average Bonchev–Trinajstić information content (AvgIpc) is 3.04. The first-order valence-corrected chi connectivity index (χ1v) is 8.40. The van der Waals surface area contributed by atoms with E-state index >= 15 is 0 Å². The normalized spacial score (nSPS) is 10.6. The van der Waals surface area contributed by atoms with Crippen LogP contribution in [0.25, 0.3) is 0 Å². The number of rotatable bonds is 6. The number of nitrogens with zero attached hydrogens (tertiary/aromatic N) is 2. The third-order valence-corrected chi connectivity index (χ3v) is 3.99. The van der Waals surface area contributed by atoms with E-state index in [1.165, 1.54) is 0 Å². The highest BCUT2D eigenvalue weighted by molar-refractivity contribution is 6.35. The Labute approximate surface area is 159 Å². The number of halogens is 2. The highest BCUT2D eigenvalue weighted by Gasteiger charge is 2.16. The standard InChI is InChI=1S/C18H14Cl2N2O4/c1-11-21-22-17(26-11)10-25-18(23)14-4-2-3-5-16(14)24-9-12-6-7-13(19)8-15(12)20/h2-8H,9-10H2,1H3. The molecule has 8 heteroatoms. The van der Waals surface area contributed by atoms with Crippen LogP contribution in [0, 0.1) is 6.92 Å². The van der Waals surface area contributed by atoms with E-state index in [0.717, 1.165) is 5.56 Å². The predicted octanol–water partition coefficient (Wildman–Crippen LogP) is 4.62. The maximum Gasteiger partial charge on any atom is 0.342 e. The molecule has 0 amide bonds. The van der Waals surface area contributed by atoms with Crippen molar-refractivity contribution in [3.63, 3.8) is 0 Å². The van der Waals surface area contributed by atoms with Crippen molar-refractivity contribution < 1.29 is 18.7 Å². The van der Waals surface area contributed by atoms with Gasteiger partial charge < -0.3 is 13.9 Å². The number of aryl methyl sites for hydroxylation is 1. The molecule has 6 nitrogen and oxygen atoms in total. The Morgan fingerprint density at radius 1 is 1.12 bits per heavy atom. The van der Waals surface area contributed by atoms with Crippen molar-refractivity contribution >= 4 is 29.2 Å². The van der Waals surface area contributed by atoms with E-state index in [-0.39, 0.29) is 24.7 Å². The van der Waals surface area contributed by atoms with Crippen molar-refractivity contribution in [2.75, 3.05) is 0 Å². The van der Waals surface area contributed by atoms with Crippen LogP contribution in [0.3, 0.4) is 0 Å². The molecule has 1 heterocycles. The molecular weight excluding hydrogens is 379 g/mol. The molecule has 26 heavy (non-hydrogen) atoms. The minimum atomic E-state index is -0.557. The number of benzene rings is 2. The lowest BCUT2D eigenvalue weighted by Crippen LogP contribution is -2.08. The van der Waals surface area contributed by atoms with Crippen molar-refractivity contribution in [3.8, 4) is 5.75 Å². The second-order valence-electron chi connectivity index (χ2n) is 5.31. The quantitative estimate of drug-likeness (QED) is 0.569. The molecule has 1 aromatic heterocycles. The van der Waals surface area contributed by atoms with E-state index in [4.69, 9.17) is 37.1 Å². The fourth-order valence-electron chi connectivity index (χ4n) is 2.16. The topological polar surface area (TPSA) is 74.5 Å². The van der Waals surface area contributed by atoms with Gasteiger partial charge in [-0.05, 0) is 24.3 Å². The Hall–Kier alpha value is -2.57. The molecule has 0 N–H and O–H groups in total. The van der Waals surface area contributed by atoms with Crippen molar-refractivity contribution in [1.29, 1.82) is 0 Å². The monoisotopic (exact) mass is 392 g/mol. The van der Waals surface area contributed by atoms with Gasteiger partial charge in [-0.15, -0.1) is 10.2 Å². The van der Waals surface area contributed by atoms with Gasteiger partial charge in [0, 0.05) is 22.5 Å². The van der Waals surface area contributed by atoms with Crippen molar-refractivity contribution in [3.05, 3.63) is 75.4 Å². The Morgan fingerprint density at radius 2 is 1.92 bits per heavy atom. The highest BCUT2D eigenvalue weighted by Crippen LogP contribution is 2.25. The molecule has 3 rings (SSSR count). The summed E-state index contributed by atoms with van der Waals surface area (Å²) in [6, 6.07) is 11.9. The molecule has 3 aromatic rings. The minimum Gasteiger partial charge on any atom is -0.488 e. The SMILES string of the molecule is Cc1nnc(COC(=O)c2ccccc2OCc2ccc(Cl)cc2Cl)o1. The van der Waals surface area contributed by atoms with Gasteiger partial charge in [0.05, 0.1) is 0 Å². The summed E-state index contributed by atoms with van der Waals surface area (Å²) in [5, 5.41) is 8.48. The van der Waals surface area contributed by atoms with Gasteiger partial charge in [0.1, 0.15) is 17.9 Å². The van der Waals surface area contributed by atoms with E-state index in [1.807, 2.05) is 0 Å². The van der Waals surface area contributed by atoms with Gasteiger partial charge in [-0.1, -0.05) is 41.4 Å². The first-order valence-electron chi connectivity index (χ1n) is 7.65. The summed E-state index contributed by atoms with van der Waals surface area (Å²) in [6.45, 7) is 1.73. The van der Waals surface area contributed by atoms with Crippen molar-refractivity contribution in [2.24, 2.45) is 0 Å². The molecule has 0 atom stereocenters. The maximum absolute atomic E-state index is 12.3. The Morgan fingerprint density at radius 3 is 2.65 bits per heavy atom. The number of hydrogen-bond donors (Lipinski definition) is 0. The van der Waals surface area contributed by atoms with Gasteiger partial charge in [0.15, 0.2) is 6.61 Å². The summed E-state index contributed by atoms with van der Waals surface area (Å²) >= 11 is 12.0. The van der Waals surface area contributed by atoms with E-state index in [0.29, 0.717) is 21.7 Å². The number of carbonyl (C=O) groups excluding carboxylic acids is 1. The fraction of sp³-hybridized carbons (Fsp3) is 0.167. The zero-order chi connectivity index (χ0) is 18.5. The Balaban J connectivity index is 1.68. The molecule has 2 aromatic carbocycles. The molecule has 0 unspecified atom stereocenters. The molecule has 0 radical (unpaired) electrons. The number of esters is 1. The molecule has 0 saturated carbocycles. The lowest BCUT2D eigenvalue weighted by atomic mass is 10.2. The van der Waals surface area contributed by atoms with Gasteiger partial charge >= 0.3 is 5.97 Å². The summed E-state index contributed by atoms with van der Waals surface area (Å²) in [5.74, 6) is 0.450. The number of aromatic nitrogens is 2. The summed E-state index contributed by atoms with van der Waals surface area (Å²) in [5.41, 5.74) is 1.04. The molecule has 134 valence electrons.